The number of nitrogens with zero attached hydrogens (tertiary/aromatic N) is 4. The molecule has 1 unspecified atom stereocenters. The van der Waals surface area contributed by atoms with E-state index in [4.69, 9.17) is 4.98 Å². The maximum atomic E-state index is 10.7. The lowest BCUT2D eigenvalue weighted by Gasteiger charge is -2.24. The SMILES string of the molecule is CN1C=C2CN(c3ccc(Nc4ncc5c(n4)C(C4CCCC4)=C(O)CC5)cc3)CC2C1. The highest BCUT2D eigenvalue weighted by Crippen LogP contribution is 2.42. The van der Waals surface area contributed by atoms with E-state index < -0.39 is 0 Å². The van der Waals surface area contributed by atoms with E-state index in [-0.39, 0.29) is 0 Å². The van der Waals surface area contributed by atoms with Gasteiger partial charge in [-0.1, -0.05) is 12.8 Å². The topological polar surface area (TPSA) is 64.5 Å². The van der Waals surface area contributed by atoms with Crippen molar-refractivity contribution < 1.29 is 5.11 Å². The van der Waals surface area contributed by atoms with Crippen LogP contribution >= 0.6 is 0 Å². The molecular formula is C26H31N5O. The monoisotopic (exact) mass is 429 g/mol. The van der Waals surface area contributed by atoms with E-state index >= 15 is 0 Å². The predicted molar refractivity (Wildman–Crippen MR) is 128 cm³/mol. The maximum absolute atomic E-state index is 10.7. The number of hydrogen-bond donors (Lipinski definition) is 2. The Kier molecular flexibility index (Phi) is 4.81. The van der Waals surface area contributed by atoms with Crippen molar-refractivity contribution in [3.05, 3.63) is 59.3 Å². The first-order chi connectivity index (χ1) is 15.6. The van der Waals surface area contributed by atoms with Crippen molar-refractivity contribution in [3.8, 4) is 0 Å². The fraction of sp³-hybridized carbons (Fsp3) is 0.462. The van der Waals surface area contributed by atoms with E-state index in [0.29, 0.717) is 30.0 Å². The molecule has 2 aliphatic carbocycles. The summed E-state index contributed by atoms with van der Waals surface area (Å²) < 4.78 is 0. The Morgan fingerprint density at radius 2 is 1.84 bits per heavy atom. The smallest absolute Gasteiger partial charge is 0.227 e. The third-order valence-corrected chi connectivity index (χ3v) is 7.55. The van der Waals surface area contributed by atoms with Crippen LogP contribution in [-0.2, 0) is 6.42 Å². The number of benzene rings is 1. The molecule has 6 heteroatoms. The van der Waals surface area contributed by atoms with Gasteiger partial charge in [-0.3, -0.25) is 0 Å². The molecule has 4 aliphatic rings. The maximum Gasteiger partial charge on any atom is 0.227 e. The van der Waals surface area contributed by atoms with Crippen LogP contribution in [0.3, 0.4) is 0 Å². The summed E-state index contributed by atoms with van der Waals surface area (Å²) in [6.45, 7) is 3.25. The van der Waals surface area contributed by atoms with Gasteiger partial charge in [0.1, 0.15) is 0 Å². The number of fused-ring (bicyclic) bond motifs is 2. The first-order valence-electron chi connectivity index (χ1n) is 12.0. The molecule has 6 rings (SSSR count). The largest absolute Gasteiger partial charge is 0.512 e. The molecule has 1 aromatic heterocycles. The van der Waals surface area contributed by atoms with Crippen molar-refractivity contribution >= 4 is 22.9 Å². The van der Waals surface area contributed by atoms with Crippen LogP contribution in [0, 0.1) is 11.8 Å². The number of aliphatic hydroxyl groups excluding tert-OH is 1. The Morgan fingerprint density at radius 1 is 1.03 bits per heavy atom. The lowest BCUT2D eigenvalue weighted by Crippen LogP contribution is -2.23. The number of nitrogens with one attached hydrogen (secondary N) is 1. The van der Waals surface area contributed by atoms with E-state index in [0.717, 1.165) is 61.4 Å². The van der Waals surface area contributed by atoms with Gasteiger partial charge in [-0.05, 0) is 60.6 Å². The Labute approximate surface area is 189 Å². The molecule has 3 heterocycles. The number of anilines is 3. The molecule has 1 aromatic carbocycles. The molecule has 166 valence electrons. The quantitative estimate of drug-likeness (QED) is 0.721. The van der Waals surface area contributed by atoms with Crippen LogP contribution in [-0.4, -0.2) is 46.7 Å². The van der Waals surface area contributed by atoms with Crippen LogP contribution < -0.4 is 10.2 Å². The molecule has 2 N–H and O–H groups in total. The summed E-state index contributed by atoms with van der Waals surface area (Å²) in [7, 11) is 2.16. The molecule has 2 aliphatic heterocycles. The van der Waals surface area contributed by atoms with E-state index in [1.165, 1.54) is 18.5 Å². The van der Waals surface area contributed by atoms with Crippen LogP contribution in [0.15, 0.2) is 48.0 Å². The lowest BCUT2D eigenvalue weighted by atomic mass is 9.85. The van der Waals surface area contributed by atoms with Crippen molar-refractivity contribution in [3.63, 3.8) is 0 Å². The van der Waals surface area contributed by atoms with Crippen molar-refractivity contribution in [2.24, 2.45) is 11.8 Å². The van der Waals surface area contributed by atoms with Gasteiger partial charge in [0.15, 0.2) is 0 Å². The molecule has 0 spiro atoms. The summed E-state index contributed by atoms with van der Waals surface area (Å²) >= 11 is 0. The molecule has 0 bridgehead atoms. The molecular weight excluding hydrogens is 398 g/mol. The van der Waals surface area contributed by atoms with Gasteiger partial charge in [0.2, 0.25) is 5.95 Å². The van der Waals surface area contributed by atoms with Crippen molar-refractivity contribution in [1.29, 1.82) is 0 Å². The molecule has 1 saturated carbocycles. The zero-order valence-corrected chi connectivity index (χ0v) is 18.7. The number of aromatic nitrogens is 2. The van der Waals surface area contributed by atoms with Gasteiger partial charge in [-0.25, -0.2) is 9.97 Å². The van der Waals surface area contributed by atoms with Gasteiger partial charge in [-0.2, -0.15) is 0 Å². The Balaban J connectivity index is 1.19. The summed E-state index contributed by atoms with van der Waals surface area (Å²) in [6, 6.07) is 8.58. The molecule has 32 heavy (non-hydrogen) atoms. The Morgan fingerprint density at radius 3 is 2.62 bits per heavy atom. The van der Waals surface area contributed by atoms with Crippen LogP contribution in [0.2, 0.25) is 0 Å². The number of aliphatic hydroxyl groups is 1. The number of allylic oxidation sites excluding steroid dienone is 2. The molecule has 0 radical (unpaired) electrons. The second-order valence-corrected chi connectivity index (χ2v) is 9.80. The van der Waals surface area contributed by atoms with Crippen molar-refractivity contribution in [1.82, 2.24) is 14.9 Å². The normalized spacial score (nSPS) is 22.9. The van der Waals surface area contributed by atoms with Gasteiger partial charge in [0, 0.05) is 68.4 Å². The fourth-order valence-electron chi connectivity index (χ4n) is 5.93. The second-order valence-electron chi connectivity index (χ2n) is 9.80. The van der Waals surface area contributed by atoms with Crippen LogP contribution in [0.25, 0.3) is 5.57 Å². The third-order valence-electron chi connectivity index (χ3n) is 7.55. The lowest BCUT2D eigenvalue weighted by molar-refractivity contribution is 0.381. The molecule has 1 atom stereocenters. The highest BCUT2D eigenvalue weighted by atomic mass is 16.3. The minimum Gasteiger partial charge on any atom is -0.512 e. The summed E-state index contributed by atoms with van der Waals surface area (Å²) in [5, 5.41) is 14.0. The summed E-state index contributed by atoms with van der Waals surface area (Å²) in [6.07, 6.45) is 10.6. The average molecular weight is 430 g/mol. The molecule has 6 nitrogen and oxygen atoms in total. The standard InChI is InChI=1S/C26H31N5O/c1-30-13-19-15-31(16-20(19)14-30)22-9-7-21(8-10-22)28-26-27-12-18-6-11-23(32)24(25(18)29-26)17-4-2-3-5-17/h7-10,12-13,17,20,32H,2-6,11,14-16H2,1H3,(H,27,28,29). The van der Waals surface area contributed by atoms with Gasteiger partial charge < -0.3 is 20.2 Å². The van der Waals surface area contributed by atoms with Crippen LogP contribution in [0.5, 0.6) is 0 Å². The van der Waals surface area contributed by atoms with Crippen LogP contribution in [0.4, 0.5) is 17.3 Å². The average Bonchev–Trinajstić information content (AvgIpc) is 3.51. The zero-order valence-electron chi connectivity index (χ0n) is 18.7. The first-order valence-corrected chi connectivity index (χ1v) is 12.0. The van der Waals surface area contributed by atoms with Crippen LogP contribution in [0.1, 0.15) is 43.4 Å². The molecule has 2 aromatic rings. The minimum absolute atomic E-state index is 0.436. The Bertz CT molecular complexity index is 1080. The number of aryl methyl sites for hydroxylation is 1. The third kappa shape index (κ3) is 3.51. The summed E-state index contributed by atoms with van der Waals surface area (Å²) in [4.78, 5) is 14.2. The van der Waals surface area contributed by atoms with Gasteiger partial charge in [-0.15, -0.1) is 0 Å². The molecule has 1 saturated heterocycles. The number of hydrogen-bond acceptors (Lipinski definition) is 6. The minimum atomic E-state index is 0.436. The van der Waals surface area contributed by atoms with Crippen molar-refractivity contribution in [2.75, 3.05) is 36.9 Å². The number of rotatable bonds is 4. The fourth-order valence-corrected chi connectivity index (χ4v) is 5.93. The highest BCUT2D eigenvalue weighted by molar-refractivity contribution is 5.72. The zero-order chi connectivity index (χ0) is 21.7. The van der Waals surface area contributed by atoms with Gasteiger partial charge in [0.25, 0.3) is 0 Å². The van der Waals surface area contributed by atoms with E-state index in [1.54, 1.807) is 5.57 Å². The Hall–Kier alpha value is -3.02. The van der Waals surface area contributed by atoms with Gasteiger partial charge >= 0.3 is 0 Å². The van der Waals surface area contributed by atoms with E-state index in [1.807, 2.05) is 6.20 Å². The first kappa shape index (κ1) is 19.6. The molecule has 2 fully saturated rings. The van der Waals surface area contributed by atoms with E-state index in [9.17, 15) is 5.11 Å². The summed E-state index contributed by atoms with van der Waals surface area (Å²) in [5.74, 6) is 2.24. The van der Waals surface area contributed by atoms with Crippen molar-refractivity contribution in [2.45, 2.75) is 38.5 Å². The predicted octanol–water partition coefficient (Wildman–Crippen LogP) is 4.89. The van der Waals surface area contributed by atoms with E-state index in [2.05, 4.69) is 57.6 Å². The molecule has 0 amide bonds. The highest BCUT2D eigenvalue weighted by Gasteiger charge is 2.32. The second kappa shape index (κ2) is 7.84. The summed E-state index contributed by atoms with van der Waals surface area (Å²) in [5.41, 5.74) is 6.98. The van der Waals surface area contributed by atoms with Gasteiger partial charge in [0.05, 0.1) is 11.5 Å².